The van der Waals surface area contributed by atoms with Crippen LogP contribution in [0, 0.1) is 6.92 Å². The molecule has 80 valence electrons. The lowest BCUT2D eigenvalue weighted by atomic mass is 10.0. The first-order valence-electron chi connectivity index (χ1n) is 5.29. The predicted molar refractivity (Wildman–Crippen MR) is 62.8 cm³/mol. The van der Waals surface area contributed by atoms with E-state index in [1.807, 2.05) is 0 Å². The maximum atomic E-state index is 5.45. The first-order valence-corrected chi connectivity index (χ1v) is 5.29. The van der Waals surface area contributed by atoms with Crippen LogP contribution in [-0.4, -0.2) is 11.5 Å². The molecule has 0 unspecified atom stereocenters. The van der Waals surface area contributed by atoms with Crippen LogP contribution >= 0.6 is 0 Å². The molecular formula is C13H17NO. The Morgan fingerprint density at radius 2 is 2.07 bits per heavy atom. The molecule has 15 heavy (non-hydrogen) atoms. The van der Waals surface area contributed by atoms with E-state index in [9.17, 15) is 0 Å². The fourth-order valence-electron chi connectivity index (χ4n) is 2.12. The van der Waals surface area contributed by atoms with E-state index < -0.39 is 0 Å². The number of pyridine rings is 1. The molecule has 2 nitrogen and oxygen atoms in total. The van der Waals surface area contributed by atoms with Gasteiger partial charge in [-0.15, -0.1) is 0 Å². The van der Waals surface area contributed by atoms with Crippen LogP contribution in [0.1, 0.15) is 31.0 Å². The van der Waals surface area contributed by atoms with E-state index in [2.05, 4.69) is 49.6 Å². The van der Waals surface area contributed by atoms with E-state index in [0.29, 0.717) is 5.92 Å². The molecule has 2 heterocycles. The molecular weight excluding hydrogens is 186 g/mol. The number of ether oxygens (including phenoxy) is 1. The molecule has 0 amide bonds. The van der Waals surface area contributed by atoms with Crippen LogP contribution in [0.15, 0.2) is 24.4 Å². The van der Waals surface area contributed by atoms with Crippen molar-refractivity contribution in [1.82, 2.24) is 4.40 Å². The topological polar surface area (TPSA) is 13.6 Å². The lowest BCUT2D eigenvalue weighted by Crippen LogP contribution is -2.00. The van der Waals surface area contributed by atoms with Gasteiger partial charge < -0.3 is 9.14 Å². The Kier molecular flexibility index (Phi) is 2.43. The molecule has 0 radical (unpaired) electrons. The second-order valence-electron chi connectivity index (χ2n) is 4.19. The first-order chi connectivity index (χ1) is 7.15. The van der Waals surface area contributed by atoms with Gasteiger partial charge in [0.05, 0.1) is 12.6 Å². The molecule has 0 aromatic carbocycles. The Morgan fingerprint density at radius 3 is 2.67 bits per heavy atom. The highest BCUT2D eigenvalue weighted by atomic mass is 16.5. The molecule has 0 aliphatic carbocycles. The Bertz CT molecular complexity index is 482. The zero-order chi connectivity index (χ0) is 11.0. The van der Waals surface area contributed by atoms with Crippen molar-refractivity contribution in [1.29, 1.82) is 0 Å². The minimum Gasteiger partial charge on any atom is -0.496 e. The SMILES string of the molecule is COc1cc(C)n2cccc2c1C(C)C. The van der Waals surface area contributed by atoms with E-state index in [1.165, 1.54) is 16.8 Å². The average Bonchev–Trinajstić information content (AvgIpc) is 2.65. The van der Waals surface area contributed by atoms with Gasteiger partial charge in [0.2, 0.25) is 0 Å². The summed E-state index contributed by atoms with van der Waals surface area (Å²) in [5, 5.41) is 0. The molecule has 2 aromatic rings. The smallest absolute Gasteiger partial charge is 0.126 e. The zero-order valence-electron chi connectivity index (χ0n) is 9.74. The van der Waals surface area contributed by atoms with Crippen LogP contribution < -0.4 is 4.74 Å². The highest BCUT2D eigenvalue weighted by molar-refractivity contribution is 5.63. The highest BCUT2D eigenvalue weighted by Gasteiger charge is 2.13. The summed E-state index contributed by atoms with van der Waals surface area (Å²) >= 11 is 0. The molecule has 0 saturated carbocycles. The normalized spacial score (nSPS) is 11.3. The summed E-state index contributed by atoms with van der Waals surface area (Å²) in [6.45, 7) is 6.49. The van der Waals surface area contributed by atoms with E-state index in [1.54, 1.807) is 7.11 Å². The van der Waals surface area contributed by atoms with Gasteiger partial charge in [0.1, 0.15) is 5.75 Å². The van der Waals surface area contributed by atoms with Crippen LogP contribution in [0.2, 0.25) is 0 Å². The molecule has 0 N–H and O–H groups in total. The van der Waals surface area contributed by atoms with E-state index in [-0.39, 0.29) is 0 Å². The third-order valence-corrected chi connectivity index (χ3v) is 2.81. The fourth-order valence-corrected chi connectivity index (χ4v) is 2.12. The summed E-state index contributed by atoms with van der Waals surface area (Å²) in [6, 6.07) is 6.32. The summed E-state index contributed by atoms with van der Waals surface area (Å²) in [5.74, 6) is 1.46. The Morgan fingerprint density at radius 1 is 1.33 bits per heavy atom. The van der Waals surface area contributed by atoms with Gasteiger partial charge in [-0.2, -0.15) is 0 Å². The molecule has 0 bridgehead atoms. The van der Waals surface area contributed by atoms with Gasteiger partial charge >= 0.3 is 0 Å². The molecule has 0 aliphatic heterocycles. The van der Waals surface area contributed by atoms with Crippen molar-refractivity contribution in [3.63, 3.8) is 0 Å². The second-order valence-corrected chi connectivity index (χ2v) is 4.19. The average molecular weight is 203 g/mol. The lowest BCUT2D eigenvalue weighted by Gasteiger charge is -2.15. The van der Waals surface area contributed by atoms with Crippen LogP contribution in [-0.2, 0) is 0 Å². The maximum absolute atomic E-state index is 5.45. The number of hydrogen-bond donors (Lipinski definition) is 0. The van der Waals surface area contributed by atoms with Crippen molar-refractivity contribution in [3.05, 3.63) is 35.7 Å². The largest absolute Gasteiger partial charge is 0.496 e. The summed E-state index contributed by atoms with van der Waals surface area (Å²) in [7, 11) is 1.74. The minimum absolute atomic E-state index is 0.470. The number of rotatable bonds is 2. The molecule has 0 saturated heterocycles. The molecule has 2 aromatic heterocycles. The van der Waals surface area contributed by atoms with Crippen molar-refractivity contribution in [3.8, 4) is 5.75 Å². The molecule has 2 heteroatoms. The minimum atomic E-state index is 0.470. The third-order valence-electron chi connectivity index (χ3n) is 2.81. The Labute approximate surface area is 90.5 Å². The number of aryl methyl sites for hydroxylation is 1. The number of nitrogens with zero attached hydrogens (tertiary/aromatic N) is 1. The zero-order valence-corrected chi connectivity index (χ0v) is 9.74. The summed E-state index contributed by atoms with van der Waals surface area (Å²) in [6.07, 6.45) is 2.09. The summed E-state index contributed by atoms with van der Waals surface area (Å²) in [5.41, 5.74) is 3.74. The number of hydrogen-bond acceptors (Lipinski definition) is 1. The number of methoxy groups -OCH3 is 1. The predicted octanol–water partition coefficient (Wildman–Crippen LogP) is 3.38. The highest BCUT2D eigenvalue weighted by Crippen LogP contribution is 2.32. The number of fused-ring (bicyclic) bond motifs is 1. The first kappa shape index (κ1) is 10.1. The quantitative estimate of drug-likeness (QED) is 0.729. The fraction of sp³-hybridized carbons (Fsp3) is 0.385. The van der Waals surface area contributed by atoms with Gasteiger partial charge in [0.25, 0.3) is 0 Å². The Balaban J connectivity index is 2.83. The standard InChI is InChI=1S/C13H17NO/c1-9(2)13-11-6-5-7-14(11)10(3)8-12(13)15-4/h5-9H,1-4H3. The van der Waals surface area contributed by atoms with Crippen molar-refractivity contribution < 1.29 is 4.74 Å². The van der Waals surface area contributed by atoms with Crippen LogP contribution in [0.4, 0.5) is 0 Å². The molecule has 0 spiro atoms. The van der Waals surface area contributed by atoms with Gasteiger partial charge in [0, 0.05) is 23.5 Å². The van der Waals surface area contributed by atoms with Crippen LogP contribution in [0.5, 0.6) is 5.75 Å². The monoisotopic (exact) mass is 203 g/mol. The van der Waals surface area contributed by atoms with E-state index in [0.717, 1.165) is 5.75 Å². The van der Waals surface area contributed by atoms with Crippen LogP contribution in [0.3, 0.4) is 0 Å². The third kappa shape index (κ3) is 1.50. The van der Waals surface area contributed by atoms with E-state index >= 15 is 0 Å². The van der Waals surface area contributed by atoms with E-state index in [4.69, 9.17) is 4.74 Å². The maximum Gasteiger partial charge on any atom is 0.126 e. The number of aromatic nitrogens is 1. The second kappa shape index (κ2) is 3.61. The van der Waals surface area contributed by atoms with Crippen molar-refractivity contribution in [2.24, 2.45) is 0 Å². The van der Waals surface area contributed by atoms with Crippen LogP contribution in [0.25, 0.3) is 5.52 Å². The molecule has 0 fully saturated rings. The van der Waals surface area contributed by atoms with Crippen molar-refractivity contribution >= 4 is 5.52 Å². The van der Waals surface area contributed by atoms with Gasteiger partial charge in [-0.25, -0.2) is 0 Å². The van der Waals surface area contributed by atoms with Crippen molar-refractivity contribution in [2.45, 2.75) is 26.7 Å². The van der Waals surface area contributed by atoms with Crippen molar-refractivity contribution in [2.75, 3.05) is 7.11 Å². The summed E-state index contributed by atoms with van der Waals surface area (Å²) in [4.78, 5) is 0. The van der Waals surface area contributed by atoms with Gasteiger partial charge in [0.15, 0.2) is 0 Å². The van der Waals surface area contributed by atoms with Gasteiger partial charge in [-0.3, -0.25) is 0 Å². The van der Waals surface area contributed by atoms with Gasteiger partial charge in [-0.05, 0) is 25.0 Å². The summed E-state index contributed by atoms with van der Waals surface area (Å²) < 4.78 is 7.66. The molecule has 0 atom stereocenters. The lowest BCUT2D eigenvalue weighted by molar-refractivity contribution is 0.407. The Hall–Kier alpha value is -1.44. The molecule has 0 aliphatic rings. The van der Waals surface area contributed by atoms with Gasteiger partial charge in [-0.1, -0.05) is 13.8 Å². The molecule has 2 rings (SSSR count).